The van der Waals surface area contributed by atoms with E-state index in [2.05, 4.69) is 38.2 Å². The molecule has 0 aromatic heterocycles. The highest BCUT2D eigenvalue weighted by molar-refractivity contribution is 6.07. The van der Waals surface area contributed by atoms with Crippen LogP contribution in [0.3, 0.4) is 0 Å². The summed E-state index contributed by atoms with van der Waals surface area (Å²) >= 11 is 0. The van der Waals surface area contributed by atoms with Crippen LogP contribution in [0.5, 0.6) is 0 Å². The molecule has 1 aliphatic rings. The summed E-state index contributed by atoms with van der Waals surface area (Å²) in [4.78, 5) is 12.9. The zero-order valence-electron chi connectivity index (χ0n) is 16.8. The van der Waals surface area contributed by atoms with Crippen molar-refractivity contribution in [3.05, 3.63) is 62.7 Å². The van der Waals surface area contributed by atoms with Gasteiger partial charge in [-0.15, -0.1) is 0 Å². The minimum Gasteiger partial charge on any atom is -0.322 e. The van der Waals surface area contributed by atoms with Crippen molar-refractivity contribution in [2.75, 3.05) is 5.32 Å². The molecule has 0 saturated carbocycles. The van der Waals surface area contributed by atoms with Crippen molar-refractivity contribution in [1.82, 2.24) is 0 Å². The van der Waals surface area contributed by atoms with E-state index in [1.807, 2.05) is 33.8 Å². The maximum atomic E-state index is 12.9. The fourth-order valence-corrected chi connectivity index (χ4v) is 3.68. The molecule has 1 amide bonds. The molecule has 0 aliphatic heterocycles. The number of fused-ring (bicyclic) bond motifs is 1. The summed E-state index contributed by atoms with van der Waals surface area (Å²) in [5.74, 6) is 0.00384. The highest BCUT2D eigenvalue weighted by Crippen LogP contribution is 2.28. The predicted molar refractivity (Wildman–Crippen MR) is 108 cm³/mol. The fourth-order valence-electron chi connectivity index (χ4n) is 3.68. The van der Waals surface area contributed by atoms with Crippen LogP contribution in [0.1, 0.15) is 69.6 Å². The van der Waals surface area contributed by atoms with Gasteiger partial charge in [-0.3, -0.25) is 4.79 Å². The summed E-state index contributed by atoms with van der Waals surface area (Å²) in [6.07, 6.45) is 3.51. The number of rotatable bonds is 2. The number of amides is 1. The monoisotopic (exact) mass is 337 g/mol. The third kappa shape index (κ3) is 3.63. The Morgan fingerprint density at radius 1 is 0.800 bits per heavy atom. The molecular formula is C23H31NO. The Labute approximate surface area is 152 Å². The van der Waals surface area contributed by atoms with Crippen molar-refractivity contribution in [1.29, 1.82) is 0 Å². The van der Waals surface area contributed by atoms with Crippen LogP contribution in [-0.4, -0.2) is 5.91 Å². The first kappa shape index (κ1) is 19.2. The second kappa shape index (κ2) is 7.86. The molecule has 0 heterocycles. The maximum Gasteiger partial charge on any atom is 0.256 e. The molecular weight excluding hydrogens is 306 g/mol. The Kier molecular flexibility index (Phi) is 6.05. The van der Waals surface area contributed by atoms with Gasteiger partial charge >= 0.3 is 0 Å². The van der Waals surface area contributed by atoms with Crippen LogP contribution in [0.15, 0.2) is 18.2 Å². The van der Waals surface area contributed by atoms with Gasteiger partial charge in [-0.2, -0.15) is 0 Å². The van der Waals surface area contributed by atoms with Gasteiger partial charge in [-0.1, -0.05) is 19.9 Å². The third-order valence-corrected chi connectivity index (χ3v) is 5.58. The van der Waals surface area contributed by atoms with Gasteiger partial charge in [0.05, 0.1) is 0 Å². The van der Waals surface area contributed by atoms with Crippen LogP contribution < -0.4 is 5.32 Å². The number of nitrogens with one attached hydrogen (secondary N) is 1. The number of carbonyl (C=O) groups excluding carboxylic acids is 1. The average Bonchev–Trinajstić information content (AvgIpc) is 3.08. The number of aryl methyl sites for hydroxylation is 2. The molecule has 0 fully saturated rings. The average molecular weight is 338 g/mol. The summed E-state index contributed by atoms with van der Waals surface area (Å²) in [5, 5.41) is 3.10. The number of carbonyl (C=O) groups is 1. The third-order valence-electron chi connectivity index (χ3n) is 5.58. The zero-order chi connectivity index (χ0) is 18.7. The van der Waals surface area contributed by atoms with E-state index < -0.39 is 0 Å². The number of hydrogen-bond acceptors (Lipinski definition) is 1. The van der Waals surface area contributed by atoms with Crippen LogP contribution in [0, 0.1) is 34.6 Å². The molecule has 2 aromatic rings. The summed E-state index contributed by atoms with van der Waals surface area (Å²) in [7, 11) is 0. The van der Waals surface area contributed by atoms with E-state index in [1.165, 1.54) is 34.2 Å². The van der Waals surface area contributed by atoms with Gasteiger partial charge in [0.2, 0.25) is 0 Å². The van der Waals surface area contributed by atoms with Crippen LogP contribution >= 0.6 is 0 Å². The molecule has 134 valence electrons. The molecule has 25 heavy (non-hydrogen) atoms. The summed E-state index contributed by atoms with van der Waals surface area (Å²) in [6.45, 7) is 14.4. The molecule has 2 aromatic carbocycles. The largest absolute Gasteiger partial charge is 0.322 e. The summed E-state index contributed by atoms with van der Waals surface area (Å²) < 4.78 is 0. The lowest BCUT2D eigenvalue weighted by Gasteiger charge is -2.18. The van der Waals surface area contributed by atoms with E-state index in [1.54, 1.807) is 0 Å². The van der Waals surface area contributed by atoms with E-state index in [-0.39, 0.29) is 5.91 Å². The highest BCUT2D eigenvalue weighted by atomic mass is 16.1. The van der Waals surface area contributed by atoms with Gasteiger partial charge in [0.15, 0.2) is 0 Å². The minimum absolute atomic E-state index is 0.00384. The Morgan fingerprint density at radius 2 is 1.32 bits per heavy atom. The lowest BCUT2D eigenvalue weighted by molar-refractivity contribution is 0.102. The lowest BCUT2D eigenvalue weighted by atomic mass is 9.89. The minimum atomic E-state index is 0.00384. The summed E-state index contributed by atoms with van der Waals surface area (Å²) in [5.41, 5.74) is 10.4. The van der Waals surface area contributed by atoms with Crippen molar-refractivity contribution in [2.45, 2.75) is 67.7 Å². The second-order valence-electron chi connectivity index (χ2n) is 6.79. The predicted octanol–water partition coefficient (Wildman–Crippen LogP) is 6.00. The van der Waals surface area contributed by atoms with Gasteiger partial charge in [-0.25, -0.2) is 0 Å². The molecule has 0 unspecified atom stereocenters. The molecule has 1 aliphatic carbocycles. The van der Waals surface area contributed by atoms with Crippen molar-refractivity contribution in [3.63, 3.8) is 0 Å². The number of hydrogen-bond donors (Lipinski definition) is 1. The molecule has 2 nitrogen and oxygen atoms in total. The van der Waals surface area contributed by atoms with Crippen molar-refractivity contribution in [2.24, 2.45) is 0 Å². The van der Waals surface area contributed by atoms with Gasteiger partial charge in [-0.05, 0) is 105 Å². The fraction of sp³-hybridized carbons (Fsp3) is 0.435. The molecule has 3 rings (SSSR count). The van der Waals surface area contributed by atoms with Crippen LogP contribution in [-0.2, 0) is 12.8 Å². The van der Waals surface area contributed by atoms with Gasteiger partial charge in [0.1, 0.15) is 0 Å². The first-order chi connectivity index (χ1) is 11.9. The van der Waals surface area contributed by atoms with E-state index in [0.29, 0.717) is 0 Å². The smallest absolute Gasteiger partial charge is 0.256 e. The molecule has 2 heteroatoms. The first-order valence-electron chi connectivity index (χ1n) is 9.40. The Morgan fingerprint density at radius 3 is 1.92 bits per heavy atom. The van der Waals surface area contributed by atoms with Gasteiger partial charge < -0.3 is 5.32 Å². The Balaban J connectivity index is 0.00000109. The van der Waals surface area contributed by atoms with Crippen molar-refractivity contribution < 1.29 is 4.79 Å². The molecule has 0 spiro atoms. The standard InChI is InChI=1S/C21H25NO.C2H6/c1-12-13(2)15(4)20(16(5)14(12)3)21(23)22-19-10-9-17-7-6-8-18(17)11-19;1-2/h9-11H,6-8H2,1-5H3,(H,22,23);1-2H3. The van der Waals surface area contributed by atoms with E-state index >= 15 is 0 Å². The normalized spacial score (nSPS) is 12.3. The van der Waals surface area contributed by atoms with E-state index in [0.717, 1.165) is 35.2 Å². The van der Waals surface area contributed by atoms with Gasteiger partial charge in [0.25, 0.3) is 5.91 Å². The second-order valence-corrected chi connectivity index (χ2v) is 6.79. The quantitative estimate of drug-likeness (QED) is 0.716. The van der Waals surface area contributed by atoms with Crippen LogP contribution in [0.4, 0.5) is 5.69 Å². The SMILES string of the molecule is CC.Cc1c(C)c(C)c(C(=O)Nc2ccc3c(c2)CCC3)c(C)c1C. The molecule has 0 atom stereocenters. The topological polar surface area (TPSA) is 29.1 Å². The summed E-state index contributed by atoms with van der Waals surface area (Å²) in [6, 6.07) is 6.32. The van der Waals surface area contributed by atoms with Crippen molar-refractivity contribution in [3.8, 4) is 0 Å². The van der Waals surface area contributed by atoms with Gasteiger partial charge in [0, 0.05) is 11.3 Å². The highest BCUT2D eigenvalue weighted by Gasteiger charge is 2.19. The lowest BCUT2D eigenvalue weighted by Crippen LogP contribution is -2.17. The molecule has 1 N–H and O–H groups in total. The maximum absolute atomic E-state index is 12.9. The first-order valence-corrected chi connectivity index (χ1v) is 9.40. The number of anilines is 1. The van der Waals surface area contributed by atoms with E-state index in [4.69, 9.17) is 0 Å². The zero-order valence-corrected chi connectivity index (χ0v) is 16.8. The number of benzene rings is 2. The van der Waals surface area contributed by atoms with Crippen LogP contribution in [0.25, 0.3) is 0 Å². The van der Waals surface area contributed by atoms with Crippen molar-refractivity contribution >= 4 is 11.6 Å². The Hall–Kier alpha value is -2.09. The van der Waals surface area contributed by atoms with E-state index in [9.17, 15) is 4.79 Å². The Bertz CT molecular complexity index is 773. The van der Waals surface area contributed by atoms with Crippen LogP contribution in [0.2, 0.25) is 0 Å². The molecule has 0 radical (unpaired) electrons. The molecule has 0 bridgehead atoms. The molecule has 0 saturated heterocycles.